The Morgan fingerprint density at radius 3 is 2.75 bits per heavy atom. The zero-order chi connectivity index (χ0) is 19.9. The largest absolute Gasteiger partial charge is 0.466 e. The SMILES string of the molecule is C[C@]12OC=C3CC[C@H]4[C@@H](CC=C5C[C@H](O)[C@H](O)C[C@]54C)C(=O)O[C@H](CO1)[C@@]32O. The van der Waals surface area contributed by atoms with Crippen LogP contribution in [0.2, 0.25) is 0 Å². The second-order valence-corrected chi connectivity index (χ2v) is 9.39. The molecular weight excluding hydrogens is 364 g/mol. The van der Waals surface area contributed by atoms with E-state index < -0.39 is 29.7 Å². The molecule has 28 heavy (non-hydrogen) atoms. The van der Waals surface area contributed by atoms with E-state index in [0.29, 0.717) is 37.7 Å². The Balaban J connectivity index is 1.53. The Labute approximate surface area is 164 Å². The van der Waals surface area contributed by atoms with Crippen molar-refractivity contribution in [3.8, 4) is 0 Å². The fourth-order valence-corrected chi connectivity index (χ4v) is 6.22. The van der Waals surface area contributed by atoms with Crippen molar-refractivity contribution in [3.05, 3.63) is 23.5 Å². The van der Waals surface area contributed by atoms with Crippen LogP contribution in [0, 0.1) is 17.3 Å². The fraction of sp³-hybridized carbons (Fsp3) is 0.762. The van der Waals surface area contributed by atoms with Crippen LogP contribution in [-0.2, 0) is 19.0 Å². The zero-order valence-electron chi connectivity index (χ0n) is 16.3. The first-order valence-electron chi connectivity index (χ1n) is 10.2. The summed E-state index contributed by atoms with van der Waals surface area (Å²) in [7, 11) is 0. The molecule has 2 saturated heterocycles. The molecule has 7 nitrogen and oxygen atoms in total. The van der Waals surface area contributed by atoms with E-state index >= 15 is 0 Å². The van der Waals surface area contributed by atoms with Crippen LogP contribution in [0.4, 0.5) is 0 Å². The van der Waals surface area contributed by atoms with Crippen molar-refractivity contribution in [2.45, 2.75) is 75.7 Å². The summed E-state index contributed by atoms with van der Waals surface area (Å²) in [5.41, 5.74) is -0.0534. The second-order valence-electron chi connectivity index (χ2n) is 9.39. The Kier molecular flexibility index (Phi) is 3.86. The molecule has 0 amide bonds. The van der Waals surface area contributed by atoms with Crippen molar-refractivity contribution in [1.82, 2.24) is 0 Å². The molecule has 3 N–H and O–H groups in total. The number of hydrogen-bond donors (Lipinski definition) is 3. The predicted octanol–water partition coefficient (Wildman–Crippen LogP) is 1.17. The maximum atomic E-state index is 13.1. The average Bonchev–Trinajstić information content (AvgIpc) is 3.04. The normalized spacial score (nSPS) is 52.6. The van der Waals surface area contributed by atoms with Gasteiger partial charge in [-0.05, 0) is 43.4 Å². The van der Waals surface area contributed by atoms with Crippen LogP contribution in [0.3, 0.4) is 0 Å². The molecule has 8 atom stereocenters. The Hall–Kier alpha value is -1.41. The van der Waals surface area contributed by atoms with Crippen molar-refractivity contribution in [1.29, 1.82) is 0 Å². The van der Waals surface area contributed by atoms with Crippen LogP contribution in [0.5, 0.6) is 0 Å². The Morgan fingerprint density at radius 1 is 1.18 bits per heavy atom. The molecule has 0 radical (unpaired) electrons. The molecule has 0 unspecified atom stereocenters. The topological polar surface area (TPSA) is 105 Å². The van der Waals surface area contributed by atoms with Gasteiger partial charge >= 0.3 is 5.97 Å². The monoisotopic (exact) mass is 392 g/mol. The minimum atomic E-state index is -1.48. The average molecular weight is 392 g/mol. The van der Waals surface area contributed by atoms with Crippen LogP contribution in [-0.4, -0.2) is 57.6 Å². The second kappa shape index (κ2) is 5.81. The van der Waals surface area contributed by atoms with Gasteiger partial charge in [0, 0.05) is 12.5 Å². The molecule has 3 heterocycles. The van der Waals surface area contributed by atoms with Gasteiger partial charge in [0.15, 0.2) is 11.7 Å². The summed E-state index contributed by atoms with van der Waals surface area (Å²) >= 11 is 0. The zero-order valence-corrected chi connectivity index (χ0v) is 16.3. The maximum absolute atomic E-state index is 13.1. The molecule has 0 bridgehead atoms. The molecule has 0 aromatic rings. The smallest absolute Gasteiger partial charge is 0.310 e. The van der Waals surface area contributed by atoms with E-state index in [9.17, 15) is 20.1 Å². The van der Waals surface area contributed by atoms with E-state index in [1.54, 1.807) is 13.2 Å². The minimum Gasteiger partial charge on any atom is -0.466 e. The van der Waals surface area contributed by atoms with E-state index in [0.717, 1.165) is 5.57 Å². The summed E-state index contributed by atoms with van der Waals surface area (Å²) in [6.45, 7) is 3.85. The highest BCUT2D eigenvalue weighted by molar-refractivity contribution is 5.74. The van der Waals surface area contributed by atoms with Crippen LogP contribution in [0.1, 0.15) is 46.0 Å². The van der Waals surface area contributed by atoms with Crippen LogP contribution in [0.25, 0.3) is 0 Å². The first kappa shape index (κ1) is 18.6. The number of esters is 1. The fourth-order valence-electron chi connectivity index (χ4n) is 6.22. The molecule has 3 fully saturated rings. The third-order valence-electron chi connectivity index (χ3n) is 8.03. The van der Waals surface area contributed by atoms with Crippen molar-refractivity contribution in [2.24, 2.45) is 17.3 Å². The van der Waals surface area contributed by atoms with Gasteiger partial charge in [-0.25, -0.2) is 0 Å². The first-order valence-corrected chi connectivity index (χ1v) is 10.2. The van der Waals surface area contributed by atoms with E-state index in [4.69, 9.17) is 14.2 Å². The van der Waals surface area contributed by atoms with E-state index in [1.807, 2.05) is 6.08 Å². The molecular formula is C21H28O7. The van der Waals surface area contributed by atoms with Crippen LogP contribution >= 0.6 is 0 Å². The van der Waals surface area contributed by atoms with Gasteiger partial charge in [-0.3, -0.25) is 4.79 Å². The number of carbonyl (C=O) groups is 1. The van der Waals surface area contributed by atoms with Gasteiger partial charge in [-0.2, -0.15) is 0 Å². The van der Waals surface area contributed by atoms with Crippen molar-refractivity contribution in [2.75, 3.05) is 6.61 Å². The molecule has 0 spiro atoms. The third kappa shape index (κ3) is 2.22. The highest BCUT2D eigenvalue weighted by atomic mass is 16.7. The van der Waals surface area contributed by atoms with Crippen molar-refractivity contribution < 1.29 is 34.3 Å². The Bertz CT molecular complexity index is 775. The highest BCUT2D eigenvalue weighted by Crippen LogP contribution is 2.57. The Morgan fingerprint density at radius 2 is 1.96 bits per heavy atom. The summed E-state index contributed by atoms with van der Waals surface area (Å²) in [4.78, 5) is 13.1. The predicted molar refractivity (Wildman–Crippen MR) is 96.6 cm³/mol. The number of allylic oxidation sites excluding steroid dienone is 1. The molecule has 0 aromatic heterocycles. The number of ether oxygens (including phenoxy) is 3. The summed E-state index contributed by atoms with van der Waals surface area (Å²) in [6.07, 6.45) is 3.86. The molecule has 154 valence electrons. The molecule has 7 heteroatoms. The molecule has 1 saturated carbocycles. The lowest BCUT2D eigenvalue weighted by Gasteiger charge is -2.50. The molecule has 0 aromatic carbocycles. The highest BCUT2D eigenvalue weighted by Gasteiger charge is 2.68. The van der Waals surface area contributed by atoms with Gasteiger partial charge in [0.25, 0.3) is 0 Å². The number of fused-ring (bicyclic) bond motifs is 3. The number of hydrogen-bond acceptors (Lipinski definition) is 7. The van der Waals surface area contributed by atoms with Crippen molar-refractivity contribution >= 4 is 5.97 Å². The minimum absolute atomic E-state index is 0.0433. The lowest BCUT2D eigenvalue weighted by atomic mass is 9.55. The van der Waals surface area contributed by atoms with Gasteiger partial charge in [0.05, 0.1) is 31.0 Å². The summed E-state index contributed by atoms with van der Waals surface area (Å²) in [5.74, 6) is -1.95. The summed E-state index contributed by atoms with van der Waals surface area (Å²) in [6, 6.07) is 0. The molecule has 3 aliphatic heterocycles. The van der Waals surface area contributed by atoms with E-state index in [-0.39, 0.29) is 29.8 Å². The van der Waals surface area contributed by atoms with Gasteiger partial charge in [-0.1, -0.05) is 18.6 Å². The molecule has 5 rings (SSSR count). The standard InChI is InChI=1S/C21H28O7/c1-19-8-16(23)15(22)7-11(19)3-5-13-14(19)6-4-12-9-26-20(2)21(12,25)17(10-27-20)28-18(13)24/h3,9,13-17,22-23,25H,4-8,10H2,1-2H3/t13-,14+,15+,16-,17-,19-,20+,21+/m1/s1. The number of rotatable bonds is 0. The summed E-state index contributed by atoms with van der Waals surface area (Å²) < 4.78 is 17.1. The van der Waals surface area contributed by atoms with Gasteiger partial charge in [-0.15, -0.1) is 0 Å². The first-order chi connectivity index (χ1) is 13.2. The molecule has 5 aliphatic rings. The summed E-state index contributed by atoms with van der Waals surface area (Å²) in [5, 5.41) is 31.9. The van der Waals surface area contributed by atoms with E-state index in [2.05, 4.69) is 6.92 Å². The number of carbonyl (C=O) groups excluding carboxylic acids is 1. The van der Waals surface area contributed by atoms with Crippen molar-refractivity contribution in [3.63, 3.8) is 0 Å². The van der Waals surface area contributed by atoms with Gasteiger partial charge < -0.3 is 29.5 Å². The van der Waals surface area contributed by atoms with Gasteiger partial charge in [0.1, 0.15) is 0 Å². The maximum Gasteiger partial charge on any atom is 0.310 e. The third-order valence-corrected chi connectivity index (χ3v) is 8.03. The number of aliphatic hydroxyl groups excluding tert-OH is 2. The van der Waals surface area contributed by atoms with Gasteiger partial charge in [0.2, 0.25) is 5.79 Å². The lowest BCUT2D eigenvalue weighted by Crippen LogP contribution is -2.54. The lowest BCUT2D eigenvalue weighted by molar-refractivity contribution is -0.222. The quantitative estimate of drug-likeness (QED) is 0.420. The molecule has 2 aliphatic carbocycles. The number of aliphatic hydroxyl groups is 3. The van der Waals surface area contributed by atoms with E-state index in [1.165, 1.54) is 0 Å². The van der Waals surface area contributed by atoms with Crippen LogP contribution < -0.4 is 0 Å². The van der Waals surface area contributed by atoms with Crippen LogP contribution in [0.15, 0.2) is 23.5 Å².